The number of benzene rings is 2. The number of nitrogens with zero attached hydrogens (tertiary/aromatic N) is 2. The lowest BCUT2D eigenvalue weighted by Crippen LogP contribution is -1.98. The molecule has 23 heavy (non-hydrogen) atoms. The zero-order valence-electron chi connectivity index (χ0n) is 11.9. The summed E-state index contributed by atoms with van der Waals surface area (Å²) in [4.78, 5) is 15.5. The maximum absolute atomic E-state index is 11.5. The summed E-state index contributed by atoms with van der Waals surface area (Å²) >= 11 is 5.67. The maximum Gasteiger partial charge on any atom is 0.279 e. The second kappa shape index (κ2) is 6.40. The summed E-state index contributed by atoms with van der Waals surface area (Å²) in [5.41, 5.74) is 2.14. The number of non-ortho nitro benzene ring substituents is 1. The molecule has 0 aliphatic rings. The van der Waals surface area contributed by atoms with E-state index in [0.717, 1.165) is 19.2 Å². The lowest BCUT2D eigenvalue weighted by Gasteiger charge is -2.13. The standard InChI is InChI=1S/C16H10BrIN2O3/c1-23-13-7-6-12(20(21)22)15-14(11(18)8-19-16(13)15)9-4-2-3-5-10(9)17/h2-8H,1H3. The Kier molecular flexibility index (Phi) is 4.49. The molecule has 116 valence electrons. The predicted octanol–water partition coefficient (Wildman–Crippen LogP) is 5.19. The van der Waals surface area contributed by atoms with Gasteiger partial charge in [0, 0.05) is 25.9 Å². The van der Waals surface area contributed by atoms with Gasteiger partial charge in [-0.3, -0.25) is 15.1 Å². The van der Waals surface area contributed by atoms with E-state index < -0.39 is 0 Å². The fraction of sp³-hybridized carbons (Fsp3) is 0.0625. The second-order valence-electron chi connectivity index (χ2n) is 4.73. The molecule has 0 bridgehead atoms. The van der Waals surface area contributed by atoms with Gasteiger partial charge in [-0.1, -0.05) is 34.1 Å². The molecule has 0 saturated carbocycles. The first kappa shape index (κ1) is 16.1. The summed E-state index contributed by atoms with van der Waals surface area (Å²) in [6.45, 7) is 0. The Morgan fingerprint density at radius 1 is 1.26 bits per heavy atom. The van der Waals surface area contributed by atoms with E-state index in [9.17, 15) is 10.1 Å². The van der Waals surface area contributed by atoms with Gasteiger partial charge in [0.05, 0.1) is 17.4 Å². The molecule has 0 fully saturated rings. The molecule has 0 amide bonds. The van der Waals surface area contributed by atoms with E-state index >= 15 is 0 Å². The Labute approximate surface area is 154 Å². The van der Waals surface area contributed by atoms with Crippen LogP contribution in [0.1, 0.15) is 0 Å². The van der Waals surface area contributed by atoms with Crippen LogP contribution in [0.25, 0.3) is 22.0 Å². The van der Waals surface area contributed by atoms with Crippen molar-refractivity contribution in [2.45, 2.75) is 0 Å². The van der Waals surface area contributed by atoms with Gasteiger partial charge in [-0.2, -0.15) is 0 Å². The second-order valence-corrected chi connectivity index (χ2v) is 6.75. The molecule has 0 atom stereocenters. The molecule has 3 rings (SSSR count). The monoisotopic (exact) mass is 484 g/mol. The van der Waals surface area contributed by atoms with Crippen molar-refractivity contribution in [2.75, 3.05) is 7.11 Å². The minimum absolute atomic E-state index is 0.0116. The van der Waals surface area contributed by atoms with E-state index in [1.54, 1.807) is 12.3 Å². The number of rotatable bonds is 3. The number of nitro benzene ring substituents is 1. The molecule has 0 saturated heterocycles. The van der Waals surface area contributed by atoms with Crippen molar-refractivity contribution in [3.63, 3.8) is 0 Å². The van der Waals surface area contributed by atoms with Crippen LogP contribution >= 0.6 is 38.5 Å². The van der Waals surface area contributed by atoms with Crippen molar-refractivity contribution in [1.82, 2.24) is 4.98 Å². The quantitative estimate of drug-likeness (QED) is 0.291. The number of hydrogen-bond acceptors (Lipinski definition) is 4. The van der Waals surface area contributed by atoms with E-state index in [0.29, 0.717) is 16.7 Å². The number of halogens is 2. The number of nitro groups is 1. The first-order valence-corrected chi connectivity index (χ1v) is 8.46. The van der Waals surface area contributed by atoms with Gasteiger partial charge in [0.2, 0.25) is 0 Å². The summed E-state index contributed by atoms with van der Waals surface area (Å²) in [7, 11) is 1.53. The minimum atomic E-state index is -0.389. The zero-order chi connectivity index (χ0) is 16.6. The highest BCUT2D eigenvalue weighted by Crippen LogP contribution is 2.42. The topological polar surface area (TPSA) is 65.3 Å². The third-order valence-corrected chi connectivity index (χ3v) is 4.98. The lowest BCUT2D eigenvalue weighted by molar-refractivity contribution is -0.383. The van der Waals surface area contributed by atoms with Crippen molar-refractivity contribution < 1.29 is 9.66 Å². The Bertz CT molecular complexity index is 931. The normalized spacial score (nSPS) is 10.7. The number of pyridine rings is 1. The molecule has 0 aliphatic carbocycles. The van der Waals surface area contributed by atoms with Crippen LogP contribution in [0.15, 0.2) is 47.1 Å². The van der Waals surface area contributed by atoms with Crippen molar-refractivity contribution in [2.24, 2.45) is 0 Å². The molecular weight excluding hydrogens is 475 g/mol. The Hall–Kier alpha value is -1.74. The van der Waals surface area contributed by atoms with E-state index in [-0.39, 0.29) is 10.6 Å². The van der Waals surface area contributed by atoms with Gasteiger partial charge in [0.25, 0.3) is 5.69 Å². The molecule has 0 aliphatic heterocycles. The fourth-order valence-corrected chi connectivity index (χ4v) is 3.67. The molecule has 7 heteroatoms. The van der Waals surface area contributed by atoms with Crippen LogP contribution in [0.3, 0.4) is 0 Å². The van der Waals surface area contributed by atoms with Crippen molar-refractivity contribution in [1.29, 1.82) is 0 Å². The molecule has 2 aromatic carbocycles. The van der Waals surface area contributed by atoms with Crippen molar-refractivity contribution in [3.05, 3.63) is 60.8 Å². The third kappa shape index (κ3) is 2.78. The highest BCUT2D eigenvalue weighted by Gasteiger charge is 2.23. The average Bonchev–Trinajstić information content (AvgIpc) is 2.54. The smallest absolute Gasteiger partial charge is 0.279 e. The van der Waals surface area contributed by atoms with Gasteiger partial charge in [-0.25, -0.2) is 0 Å². The van der Waals surface area contributed by atoms with E-state index in [1.165, 1.54) is 13.2 Å². The maximum atomic E-state index is 11.5. The van der Waals surface area contributed by atoms with Gasteiger partial charge >= 0.3 is 0 Å². The van der Waals surface area contributed by atoms with Crippen LogP contribution in [-0.4, -0.2) is 17.0 Å². The Balaban J connectivity index is 2.53. The van der Waals surface area contributed by atoms with E-state index in [4.69, 9.17) is 4.74 Å². The number of methoxy groups -OCH3 is 1. The van der Waals surface area contributed by atoms with Crippen LogP contribution in [0.5, 0.6) is 5.75 Å². The largest absolute Gasteiger partial charge is 0.494 e. The molecule has 0 radical (unpaired) electrons. The number of fused-ring (bicyclic) bond motifs is 1. The van der Waals surface area contributed by atoms with E-state index in [1.807, 2.05) is 24.3 Å². The average molecular weight is 485 g/mol. The summed E-state index contributed by atoms with van der Waals surface area (Å²) in [5.74, 6) is 0.510. The third-order valence-electron chi connectivity index (χ3n) is 3.47. The zero-order valence-corrected chi connectivity index (χ0v) is 15.7. The van der Waals surface area contributed by atoms with Crippen LogP contribution in [0, 0.1) is 13.7 Å². The highest BCUT2D eigenvalue weighted by molar-refractivity contribution is 14.1. The Morgan fingerprint density at radius 2 is 2.00 bits per heavy atom. The molecular formula is C16H10BrIN2O3. The summed E-state index contributed by atoms with van der Waals surface area (Å²) < 4.78 is 7.02. The van der Waals surface area contributed by atoms with Gasteiger partial charge in [0.15, 0.2) is 0 Å². The molecule has 3 aromatic rings. The molecule has 0 unspecified atom stereocenters. The molecule has 1 aromatic heterocycles. The molecule has 5 nitrogen and oxygen atoms in total. The fourth-order valence-electron chi connectivity index (χ4n) is 2.49. The first-order chi connectivity index (χ1) is 11.0. The number of ether oxygens (including phenoxy) is 1. The summed E-state index contributed by atoms with van der Waals surface area (Å²) in [5, 5.41) is 12.0. The number of hydrogen-bond donors (Lipinski definition) is 0. The van der Waals surface area contributed by atoms with Gasteiger partial charge in [0.1, 0.15) is 11.3 Å². The molecule has 0 spiro atoms. The predicted molar refractivity (Wildman–Crippen MR) is 101 cm³/mol. The Morgan fingerprint density at radius 3 is 2.65 bits per heavy atom. The van der Waals surface area contributed by atoms with Gasteiger partial charge in [-0.15, -0.1) is 0 Å². The number of aromatic nitrogens is 1. The van der Waals surface area contributed by atoms with Crippen LogP contribution in [0.4, 0.5) is 5.69 Å². The van der Waals surface area contributed by atoms with Gasteiger partial charge < -0.3 is 4.74 Å². The van der Waals surface area contributed by atoms with Crippen LogP contribution in [0.2, 0.25) is 0 Å². The van der Waals surface area contributed by atoms with Crippen LogP contribution < -0.4 is 4.74 Å². The lowest BCUT2D eigenvalue weighted by atomic mass is 10.00. The van der Waals surface area contributed by atoms with Crippen molar-refractivity contribution in [3.8, 4) is 16.9 Å². The summed E-state index contributed by atoms with van der Waals surface area (Å²) in [6.07, 6.45) is 1.70. The first-order valence-electron chi connectivity index (χ1n) is 6.59. The summed E-state index contributed by atoms with van der Waals surface area (Å²) in [6, 6.07) is 10.7. The van der Waals surface area contributed by atoms with E-state index in [2.05, 4.69) is 43.5 Å². The van der Waals surface area contributed by atoms with Crippen LogP contribution in [-0.2, 0) is 0 Å². The van der Waals surface area contributed by atoms with Crippen molar-refractivity contribution >= 4 is 55.1 Å². The molecule has 0 N–H and O–H groups in total. The SMILES string of the molecule is COc1ccc([N+](=O)[O-])c2c(-c3ccccc3Br)c(I)cnc12. The highest BCUT2D eigenvalue weighted by atomic mass is 127. The minimum Gasteiger partial charge on any atom is -0.494 e. The molecule has 1 heterocycles. The van der Waals surface area contributed by atoms with Gasteiger partial charge in [-0.05, 0) is 40.3 Å².